The summed E-state index contributed by atoms with van der Waals surface area (Å²) in [6.07, 6.45) is 4.00. The molecule has 0 unspecified atom stereocenters. The van der Waals surface area contributed by atoms with E-state index in [4.69, 9.17) is 5.73 Å². The van der Waals surface area contributed by atoms with Crippen LogP contribution >= 0.6 is 0 Å². The van der Waals surface area contributed by atoms with Crippen LogP contribution in [-0.2, 0) is 6.42 Å². The number of nitrogens with one attached hydrogen (secondary N) is 1. The Morgan fingerprint density at radius 3 is 2.92 bits per heavy atom. The molecule has 3 N–H and O–H groups in total. The number of nitrogens with zero attached hydrogens (tertiary/aromatic N) is 2. The Bertz CT molecular complexity index is 336. The van der Waals surface area contributed by atoms with Gasteiger partial charge in [0, 0.05) is 6.42 Å². The predicted molar refractivity (Wildman–Crippen MR) is 48.5 cm³/mol. The molecule has 0 radical (unpaired) electrons. The molecule has 0 saturated heterocycles. The summed E-state index contributed by atoms with van der Waals surface area (Å²) < 4.78 is 1.56. The van der Waals surface area contributed by atoms with Crippen LogP contribution in [0.15, 0.2) is 4.79 Å². The van der Waals surface area contributed by atoms with E-state index in [2.05, 4.69) is 10.1 Å². The van der Waals surface area contributed by atoms with Gasteiger partial charge in [0.15, 0.2) is 0 Å². The summed E-state index contributed by atoms with van der Waals surface area (Å²) in [6.45, 7) is 0.525. The highest BCUT2D eigenvalue weighted by atomic mass is 16.2. The molecule has 1 aromatic rings. The molecule has 5 heteroatoms. The van der Waals surface area contributed by atoms with E-state index in [1.807, 2.05) is 0 Å². The number of aromatic amines is 1. The van der Waals surface area contributed by atoms with Crippen molar-refractivity contribution in [2.45, 2.75) is 31.7 Å². The van der Waals surface area contributed by atoms with E-state index in [-0.39, 0.29) is 5.69 Å². The molecule has 2 rings (SSSR count). The average Bonchev–Trinajstić information content (AvgIpc) is 2.30. The standard InChI is InChI=1S/C8H14N4O/c9-5-4-7-10-8(13)12(11-7)6-2-1-3-6/h6H,1-5,9H2,(H,10,11,13). The van der Waals surface area contributed by atoms with Crippen LogP contribution in [0.4, 0.5) is 0 Å². The Labute approximate surface area is 75.9 Å². The summed E-state index contributed by atoms with van der Waals surface area (Å²) in [5.41, 5.74) is 5.28. The van der Waals surface area contributed by atoms with Crippen molar-refractivity contribution < 1.29 is 0 Å². The molecule has 1 heterocycles. The SMILES string of the molecule is NCCc1nn(C2CCC2)c(=O)[nH]1. The number of rotatable bonds is 3. The number of nitrogens with two attached hydrogens (primary N) is 1. The molecular formula is C8H14N4O. The van der Waals surface area contributed by atoms with E-state index < -0.39 is 0 Å². The Morgan fingerprint density at radius 2 is 2.38 bits per heavy atom. The molecule has 0 atom stereocenters. The summed E-state index contributed by atoms with van der Waals surface area (Å²) in [6, 6.07) is 0.329. The second-order valence-corrected chi connectivity index (χ2v) is 3.44. The molecule has 0 spiro atoms. The molecule has 13 heavy (non-hydrogen) atoms. The third kappa shape index (κ3) is 1.51. The largest absolute Gasteiger partial charge is 0.343 e. The van der Waals surface area contributed by atoms with Gasteiger partial charge in [-0.2, -0.15) is 5.10 Å². The van der Waals surface area contributed by atoms with E-state index >= 15 is 0 Å². The zero-order valence-electron chi connectivity index (χ0n) is 7.49. The highest BCUT2D eigenvalue weighted by Crippen LogP contribution is 2.29. The van der Waals surface area contributed by atoms with Gasteiger partial charge in [-0.15, -0.1) is 0 Å². The van der Waals surface area contributed by atoms with Gasteiger partial charge in [-0.25, -0.2) is 9.48 Å². The Hall–Kier alpha value is -1.10. The summed E-state index contributed by atoms with van der Waals surface area (Å²) in [4.78, 5) is 14.1. The lowest BCUT2D eigenvalue weighted by Crippen LogP contribution is -2.27. The molecule has 0 aliphatic heterocycles. The van der Waals surface area contributed by atoms with E-state index in [9.17, 15) is 4.79 Å². The van der Waals surface area contributed by atoms with Gasteiger partial charge in [0.25, 0.3) is 0 Å². The molecule has 1 saturated carbocycles. The summed E-state index contributed by atoms with van der Waals surface area (Å²) in [5.74, 6) is 0.708. The van der Waals surface area contributed by atoms with Crippen LogP contribution in [0, 0.1) is 0 Å². The van der Waals surface area contributed by atoms with Gasteiger partial charge < -0.3 is 5.73 Å². The molecule has 0 bridgehead atoms. The molecule has 5 nitrogen and oxygen atoms in total. The third-order valence-electron chi connectivity index (χ3n) is 2.49. The molecule has 72 valence electrons. The Kier molecular flexibility index (Phi) is 2.18. The fourth-order valence-corrected chi connectivity index (χ4v) is 1.51. The lowest BCUT2D eigenvalue weighted by atomic mass is 9.93. The van der Waals surface area contributed by atoms with Crippen molar-refractivity contribution in [1.82, 2.24) is 14.8 Å². The molecule has 1 aliphatic rings. The van der Waals surface area contributed by atoms with Crippen LogP contribution in [0.1, 0.15) is 31.1 Å². The van der Waals surface area contributed by atoms with Crippen LogP contribution < -0.4 is 11.4 Å². The smallest absolute Gasteiger partial charge is 0.330 e. The number of hydrogen-bond donors (Lipinski definition) is 2. The summed E-state index contributed by atoms with van der Waals surface area (Å²) in [7, 11) is 0. The van der Waals surface area contributed by atoms with Gasteiger partial charge in [-0.3, -0.25) is 4.98 Å². The maximum atomic E-state index is 11.4. The monoisotopic (exact) mass is 182 g/mol. The van der Waals surface area contributed by atoms with E-state index in [1.165, 1.54) is 6.42 Å². The Balaban J connectivity index is 2.20. The lowest BCUT2D eigenvalue weighted by Gasteiger charge is -2.24. The van der Waals surface area contributed by atoms with Crippen LogP contribution in [0.3, 0.4) is 0 Å². The minimum absolute atomic E-state index is 0.0897. The molecular weight excluding hydrogens is 168 g/mol. The van der Waals surface area contributed by atoms with Crippen molar-refractivity contribution in [3.8, 4) is 0 Å². The fourth-order valence-electron chi connectivity index (χ4n) is 1.51. The van der Waals surface area contributed by atoms with Crippen molar-refractivity contribution in [2.75, 3.05) is 6.54 Å². The second kappa shape index (κ2) is 3.33. The summed E-state index contributed by atoms with van der Waals surface area (Å²) in [5, 5.41) is 4.19. The molecule has 1 aromatic heterocycles. The van der Waals surface area contributed by atoms with Gasteiger partial charge in [0.2, 0.25) is 0 Å². The molecule has 0 amide bonds. The lowest BCUT2D eigenvalue weighted by molar-refractivity contribution is 0.281. The van der Waals surface area contributed by atoms with Gasteiger partial charge in [0.1, 0.15) is 5.82 Å². The van der Waals surface area contributed by atoms with Crippen molar-refractivity contribution >= 4 is 0 Å². The first-order valence-corrected chi connectivity index (χ1v) is 4.69. The highest BCUT2D eigenvalue weighted by Gasteiger charge is 2.22. The first kappa shape index (κ1) is 8.50. The zero-order chi connectivity index (χ0) is 9.26. The maximum Gasteiger partial charge on any atom is 0.343 e. The zero-order valence-corrected chi connectivity index (χ0v) is 7.49. The van der Waals surface area contributed by atoms with Crippen molar-refractivity contribution in [3.05, 3.63) is 16.3 Å². The minimum atomic E-state index is -0.0897. The normalized spacial score (nSPS) is 17.3. The second-order valence-electron chi connectivity index (χ2n) is 3.44. The quantitative estimate of drug-likeness (QED) is 0.679. The minimum Gasteiger partial charge on any atom is -0.330 e. The highest BCUT2D eigenvalue weighted by molar-refractivity contribution is 4.86. The van der Waals surface area contributed by atoms with E-state index in [1.54, 1.807) is 4.68 Å². The fraction of sp³-hybridized carbons (Fsp3) is 0.750. The Morgan fingerprint density at radius 1 is 1.62 bits per heavy atom. The first-order chi connectivity index (χ1) is 6.31. The molecule has 1 aliphatic carbocycles. The van der Waals surface area contributed by atoms with Crippen LogP contribution in [0.25, 0.3) is 0 Å². The van der Waals surface area contributed by atoms with Crippen LogP contribution in [0.2, 0.25) is 0 Å². The number of aromatic nitrogens is 3. The molecule has 0 aromatic carbocycles. The van der Waals surface area contributed by atoms with Crippen molar-refractivity contribution in [1.29, 1.82) is 0 Å². The maximum absolute atomic E-state index is 11.4. The predicted octanol–water partition coefficient (Wildman–Crippen LogP) is -0.202. The van der Waals surface area contributed by atoms with Crippen molar-refractivity contribution in [3.63, 3.8) is 0 Å². The van der Waals surface area contributed by atoms with Gasteiger partial charge in [0.05, 0.1) is 6.04 Å². The van der Waals surface area contributed by atoms with Gasteiger partial charge in [-0.05, 0) is 25.8 Å². The number of H-pyrrole nitrogens is 1. The van der Waals surface area contributed by atoms with Crippen molar-refractivity contribution in [2.24, 2.45) is 5.73 Å². The van der Waals surface area contributed by atoms with Crippen LogP contribution in [0.5, 0.6) is 0 Å². The number of hydrogen-bond acceptors (Lipinski definition) is 3. The summed E-state index contributed by atoms with van der Waals surface area (Å²) >= 11 is 0. The topological polar surface area (TPSA) is 76.7 Å². The third-order valence-corrected chi connectivity index (χ3v) is 2.49. The van der Waals surface area contributed by atoms with Crippen LogP contribution in [-0.4, -0.2) is 21.3 Å². The van der Waals surface area contributed by atoms with Gasteiger partial charge >= 0.3 is 5.69 Å². The molecule has 1 fully saturated rings. The average molecular weight is 182 g/mol. The van der Waals surface area contributed by atoms with E-state index in [0.29, 0.717) is 24.8 Å². The first-order valence-electron chi connectivity index (χ1n) is 4.69. The van der Waals surface area contributed by atoms with E-state index in [0.717, 1.165) is 12.8 Å². The van der Waals surface area contributed by atoms with Gasteiger partial charge in [-0.1, -0.05) is 0 Å².